The minimum absolute atomic E-state index is 0.0985. The van der Waals surface area contributed by atoms with Gasteiger partial charge in [-0.3, -0.25) is 9.59 Å². The van der Waals surface area contributed by atoms with E-state index in [2.05, 4.69) is 17.6 Å². The SMILES string of the molecule is CC1CCCCC1NC(=O)C(=O)Nc1cccc(Cl)c1. The van der Waals surface area contributed by atoms with Gasteiger partial charge >= 0.3 is 11.8 Å². The zero-order valence-corrected chi connectivity index (χ0v) is 12.2. The van der Waals surface area contributed by atoms with Gasteiger partial charge in [0.2, 0.25) is 0 Å². The Morgan fingerprint density at radius 1 is 1.20 bits per heavy atom. The van der Waals surface area contributed by atoms with Crippen LogP contribution < -0.4 is 10.6 Å². The van der Waals surface area contributed by atoms with Crippen molar-refractivity contribution in [2.45, 2.75) is 38.6 Å². The fraction of sp³-hybridized carbons (Fsp3) is 0.467. The Balaban J connectivity index is 1.90. The molecule has 1 saturated carbocycles. The molecule has 2 rings (SSSR count). The maximum absolute atomic E-state index is 11.9. The van der Waals surface area contributed by atoms with Gasteiger partial charge < -0.3 is 10.6 Å². The Bertz CT molecular complexity index is 504. The molecule has 108 valence electrons. The average Bonchev–Trinajstić information content (AvgIpc) is 2.41. The lowest BCUT2D eigenvalue weighted by molar-refractivity contribution is -0.137. The van der Waals surface area contributed by atoms with E-state index in [1.165, 1.54) is 6.42 Å². The van der Waals surface area contributed by atoms with Crippen molar-refractivity contribution in [2.24, 2.45) is 5.92 Å². The predicted molar refractivity (Wildman–Crippen MR) is 79.6 cm³/mol. The number of carbonyl (C=O) groups excluding carboxylic acids is 2. The standard InChI is InChI=1S/C15H19ClN2O2/c1-10-5-2-3-8-13(10)18-15(20)14(19)17-12-7-4-6-11(16)9-12/h4,6-7,9-10,13H,2-3,5,8H2,1H3,(H,17,19)(H,18,20). The smallest absolute Gasteiger partial charge is 0.313 e. The molecule has 20 heavy (non-hydrogen) atoms. The third kappa shape index (κ3) is 3.97. The summed E-state index contributed by atoms with van der Waals surface area (Å²) in [6, 6.07) is 6.83. The predicted octanol–water partition coefficient (Wildman–Crippen LogP) is 2.97. The van der Waals surface area contributed by atoms with Gasteiger partial charge in [-0.1, -0.05) is 37.4 Å². The Kier molecular flexibility index (Phi) is 5.01. The van der Waals surface area contributed by atoms with E-state index in [-0.39, 0.29) is 6.04 Å². The average molecular weight is 295 g/mol. The maximum Gasteiger partial charge on any atom is 0.313 e. The quantitative estimate of drug-likeness (QED) is 0.824. The van der Waals surface area contributed by atoms with Crippen molar-refractivity contribution in [3.63, 3.8) is 0 Å². The van der Waals surface area contributed by atoms with Crippen LogP contribution in [0.3, 0.4) is 0 Å². The van der Waals surface area contributed by atoms with E-state index in [1.54, 1.807) is 24.3 Å². The highest BCUT2D eigenvalue weighted by atomic mass is 35.5. The largest absolute Gasteiger partial charge is 0.345 e. The molecule has 1 aliphatic carbocycles. The zero-order chi connectivity index (χ0) is 14.5. The van der Waals surface area contributed by atoms with E-state index in [9.17, 15) is 9.59 Å². The molecule has 2 unspecified atom stereocenters. The number of carbonyl (C=O) groups is 2. The molecule has 1 aromatic rings. The zero-order valence-electron chi connectivity index (χ0n) is 11.5. The molecule has 1 fully saturated rings. The van der Waals surface area contributed by atoms with Crippen LogP contribution in [0.1, 0.15) is 32.6 Å². The topological polar surface area (TPSA) is 58.2 Å². The van der Waals surface area contributed by atoms with E-state index in [4.69, 9.17) is 11.6 Å². The number of hydrogen-bond donors (Lipinski definition) is 2. The van der Waals surface area contributed by atoms with Gasteiger partial charge in [0.15, 0.2) is 0 Å². The van der Waals surface area contributed by atoms with Gasteiger partial charge in [0.25, 0.3) is 0 Å². The van der Waals surface area contributed by atoms with Crippen molar-refractivity contribution >= 4 is 29.1 Å². The molecule has 2 amide bonds. The molecular formula is C15H19ClN2O2. The second kappa shape index (κ2) is 6.75. The Labute approximate surface area is 123 Å². The first-order chi connectivity index (χ1) is 9.56. The van der Waals surface area contributed by atoms with E-state index >= 15 is 0 Å². The summed E-state index contributed by atoms with van der Waals surface area (Å²) in [6.45, 7) is 2.11. The van der Waals surface area contributed by atoms with Crippen LogP contribution in [0.25, 0.3) is 0 Å². The fourth-order valence-electron chi connectivity index (χ4n) is 2.52. The van der Waals surface area contributed by atoms with Crippen molar-refractivity contribution in [1.82, 2.24) is 5.32 Å². The molecule has 0 spiro atoms. The minimum Gasteiger partial charge on any atom is -0.345 e. The van der Waals surface area contributed by atoms with E-state index in [1.807, 2.05) is 0 Å². The summed E-state index contributed by atoms with van der Waals surface area (Å²) in [4.78, 5) is 23.7. The number of halogens is 1. The normalized spacial score (nSPS) is 22.1. The molecule has 0 bridgehead atoms. The molecule has 1 aromatic carbocycles. The summed E-state index contributed by atoms with van der Waals surface area (Å²) in [7, 11) is 0. The summed E-state index contributed by atoms with van der Waals surface area (Å²) in [6.07, 6.45) is 4.34. The van der Waals surface area contributed by atoms with Crippen LogP contribution in [-0.4, -0.2) is 17.9 Å². The Morgan fingerprint density at radius 3 is 2.65 bits per heavy atom. The Hall–Kier alpha value is -1.55. The van der Waals surface area contributed by atoms with Gasteiger partial charge in [-0.05, 0) is 37.0 Å². The van der Waals surface area contributed by atoms with Gasteiger partial charge in [-0.15, -0.1) is 0 Å². The molecule has 2 atom stereocenters. The summed E-state index contributed by atoms with van der Waals surface area (Å²) >= 11 is 5.83. The summed E-state index contributed by atoms with van der Waals surface area (Å²) in [5, 5.41) is 5.89. The number of nitrogens with one attached hydrogen (secondary N) is 2. The van der Waals surface area contributed by atoms with Crippen molar-refractivity contribution in [1.29, 1.82) is 0 Å². The monoisotopic (exact) mass is 294 g/mol. The maximum atomic E-state index is 11.9. The van der Waals surface area contributed by atoms with Crippen molar-refractivity contribution in [3.8, 4) is 0 Å². The first-order valence-electron chi connectivity index (χ1n) is 6.93. The van der Waals surface area contributed by atoms with E-state index in [0.717, 1.165) is 19.3 Å². The highest BCUT2D eigenvalue weighted by Gasteiger charge is 2.25. The molecule has 4 nitrogen and oxygen atoms in total. The lowest BCUT2D eigenvalue weighted by atomic mass is 9.86. The van der Waals surface area contributed by atoms with Gasteiger partial charge in [-0.2, -0.15) is 0 Å². The first kappa shape index (κ1) is 14.9. The molecule has 0 heterocycles. The van der Waals surface area contributed by atoms with Crippen LogP contribution in [-0.2, 0) is 9.59 Å². The van der Waals surface area contributed by atoms with Crippen LogP contribution in [0, 0.1) is 5.92 Å². The van der Waals surface area contributed by atoms with Gasteiger partial charge in [0, 0.05) is 16.8 Å². The van der Waals surface area contributed by atoms with Gasteiger partial charge in [0.05, 0.1) is 0 Å². The summed E-state index contributed by atoms with van der Waals surface area (Å²) < 4.78 is 0. The second-order valence-corrected chi connectivity index (χ2v) is 5.74. The molecular weight excluding hydrogens is 276 g/mol. The number of hydrogen-bond acceptors (Lipinski definition) is 2. The number of benzene rings is 1. The molecule has 0 saturated heterocycles. The lowest BCUT2D eigenvalue weighted by Crippen LogP contribution is -2.45. The molecule has 0 aliphatic heterocycles. The van der Waals surface area contributed by atoms with E-state index in [0.29, 0.717) is 16.6 Å². The van der Waals surface area contributed by atoms with Crippen LogP contribution in [0.2, 0.25) is 5.02 Å². The van der Waals surface area contributed by atoms with Gasteiger partial charge in [0.1, 0.15) is 0 Å². The van der Waals surface area contributed by atoms with Crippen LogP contribution in [0.5, 0.6) is 0 Å². The lowest BCUT2D eigenvalue weighted by Gasteiger charge is -2.29. The summed E-state index contributed by atoms with van der Waals surface area (Å²) in [5.41, 5.74) is 0.523. The highest BCUT2D eigenvalue weighted by Crippen LogP contribution is 2.23. The summed E-state index contributed by atoms with van der Waals surface area (Å²) in [5.74, 6) is -0.805. The highest BCUT2D eigenvalue weighted by molar-refractivity contribution is 6.40. The molecule has 5 heteroatoms. The van der Waals surface area contributed by atoms with E-state index < -0.39 is 11.8 Å². The number of amides is 2. The molecule has 0 radical (unpaired) electrons. The van der Waals surface area contributed by atoms with Crippen LogP contribution in [0.4, 0.5) is 5.69 Å². The van der Waals surface area contributed by atoms with Crippen molar-refractivity contribution in [3.05, 3.63) is 29.3 Å². The molecule has 2 N–H and O–H groups in total. The fourth-order valence-corrected chi connectivity index (χ4v) is 2.71. The third-order valence-electron chi connectivity index (χ3n) is 3.72. The third-order valence-corrected chi connectivity index (χ3v) is 3.95. The first-order valence-corrected chi connectivity index (χ1v) is 7.31. The van der Waals surface area contributed by atoms with Gasteiger partial charge in [-0.25, -0.2) is 0 Å². The van der Waals surface area contributed by atoms with Crippen molar-refractivity contribution < 1.29 is 9.59 Å². The second-order valence-electron chi connectivity index (χ2n) is 5.31. The van der Waals surface area contributed by atoms with Crippen LogP contribution in [0.15, 0.2) is 24.3 Å². The van der Waals surface area contributed by atoms with Crippen molar-refractivity contribution in [2.75, 3.05) is 5.32 Å². The minimum atomic E-state index is -0.648. The van der Waals surface area contributed by atoms with Crippen LogP contribution >= 0.6 is 11.6 Å². The molecule has 1 aliphatic rings. The number of rotatable bonds is 2. The number of anilines is 1. The molecule has 0 aromatic heterocycles. The Morgan fingerprint density at radius 2 is 1.95 bits per heavy atom.